The fourth-order valence-electron chi connectivity index (χ4n) is 3.05. The van der Waals surface area contributed by atoms with Crippen molar-refractivity contribution in [3.05, 3.63) is 94.7 Å². The van der Waals surface area contributed by atoms with E-state index in [1.165, 1.54) is 12.1 Å². The van der Waals surface area contributed by atoms with E-state index in [2.05, 4.69) is 0 Å². The van der Waals surface area contributed by atoms with Crippen LogP contribution in [0.5, 0.6) is 17.2 Å². The number of benzene rings is 3. The molecule has 0 radical (unpaired) electrons. The minimum Gasteiger partial charge on any atom is -0.497 e. The van der Waals surface area contributed by atoms with E-state index < -0.39 is 5.91 Å². The Morgan fingerprint density at radius 2 is 1.55 bits per heavy atom. The van der Waals surface area contributed by atoms with Crippen molar-refractivity contribution in [2.45, 2.75) is 0 Å². The number of carbonyl (C=O) groups excluding carboxylic acids is 1. The molecular weight excluding hydrogens is 394 g/mol. The summed E-state index contributed by atoms with van der Waals surface area (Å²) in [6.07, 6.45) is 2.94. The highest BCUT2D eigenvalue weighted by Crippen LogP contribution is 2.28. The highest BCUT2D eigenvalue weighted by atomic mass is 16.5. The summed E-state index contributed by atoms with van der Waals surface area (Å²) in [7, 11) is 1.55. The maximum atomic E-state index is 12.5. The molecule has 0 unspecified atom stereocenters. The Morgan fingerprint density at radius 1 is 0.903 bits per heavy atom. The third-order valence-corrected chi connectivity index (χ3v) is 4.63. The molecule has 4 aromatic rings. The van der Waals surface area contributed by atoms with Crippen molar-refractivity contribution in [1.29, 1.82) is 0 Å². The van der Waals surface area contributed by atoms with Crippen LogP contribution in [0.15, 0.2) is 88.1 Å². The molecule has 0 aliphatic carbocycles. The molecule has 1 amide bonds. The van der Waals surface area contributed by atoms with Crippen LogP contribution in [0.3, 0.4) is 0 Å². The molecule has 1 heterocycles. The van der Waals surface area contributed by atoms with Crippen LogP contribution < -0.4 is 20.6 Å². The first-order valence-electron chi connectivity index (χ1n) is 9.49. The lowest BCUT2D eigenvalue weighted by molar-refractivity contribution is -0.113. The number of primary amides is 1. The largest absolute Gasteiger partial charge is 0.497 e. The first-order chi connectivity index (χ1) is 15.0. The number of ether oxygens (including phenoxy) is 2. The van der Waals surface area contributed by atoms with Gasteiger partial charge in [0.15, 0.2) is 5.43 Å². The predicted octanol–water partition coefficient (Wildman–Crippen LogP) is 4.76. The fraction of sp³-hybridized carbons (Fsp3) is 0.0400. The van der Waals surface area contributed by atoms with E-state index in [4.69, 9.17) is 19.6 Å². The monoisotopic (exact) mass is 413 g/mol. The van der Waals surface area contributed by atoms with Crippen molar-refractivity contribution in [3.8, 4) is 28.6 Å². The number of rotatable bonds is 6. The van der Waals surface area contributed by atoms with Crippen molar-refractivity contribution in [2.75, 3.05) is 7.11 Å². The molecule has 0 aliphatic rings. The summed E-state index contributed by atoms with van der Waals surface area (Å²) >= 11 is 0. The van der Waals surface area contributed by atoms with Crippen LogP contribution >= 0.6 is 0 Å². The van der Waals surface area contributed by atoms with Crippen LogP contribution in [0.1, 0.15) is 5.56 Å². The van der Waals surface area contributed by atoms with Crippen LogP contribution in [0.4, 0.5) is 0 Å². The van der Waals surface area contributed by atoms with E-state index in [0.717, 1.165) is 11.1 Å². The zero-order valence-electron chi connectivity index (χ0n) is 16.7. The molecule has 6 heteroatoms. The van der Waals surface area contributed by atoms with Gasteiger partial charge in [-0.1, -0.05) is 12.1 Å². The molecule has 6 nitrogen and oxygen atoms in total. The van der Waals surface area contributed by atoms with Crippen molar-refractivity contribution >= 4 is 23.0 Å². The number of amides is 1. The molecule has 0 aliphatic heterocycles. The normalized spacial score (nSPS) is 11.0. The van der Waals surface area contributed by atoms with Crippen molar-refractivity contribution in [2.24, 2.45) is 5.73 Å². The first kappa shape index (κ1) is 20.0. The highest BCUT2D eigenvalue weighted by Gasteiger charge is 2.09. The zero-order chi connectivity index (χ0) is 21.8. The predicted molar refractivity (Wildman–Crippen MR) is 119 cm³/mol. The summed E-state index contributed by atoms with van der Waals surface area (Å²) in [5, 5.41) is 0.470. The van der Waals surface area contributed by atoms with E-state index in [-0.39, 0.29) is 5.43 Å². The van der Waals surface area contributed by atoms with Crippen molar-refractivity contribution in [3.63, 3.8) is 0 Å². The van der Waals surface area contributed by atoms with E-state index in [0.29, 0.717) is 34.0 Å². The number of carbonyl (C=O) groups is 1. The number of nitrogens with two attached hydrogens (primary N) is 1. The Balaban J connectivity index is 1.53. The van der Waals surface area contributed by atoms with Gasteiger partial charge in [-0.15, -0.1) is 0 Å². The minimum atomic E-state index is -0.498. The third kappa shape index (κ3) is 4.64. The second-order valence-electron chi connectivity index (χ2n) is 6.77. The highest BCUT2D eigenvalue weighted by molar-refractivity contribution is 5.90. The lowest BCUT2D eigenvalue weighted by Crippen LogP contribution is -2.04. The summed E-state index contributed by atoms with van der Waals surface area (Å²) in [5.74, 6) is 1.86. The topological polar surface area (TPSA) is 91.8 Å². The van der Waals surface area contributed by atoms with Gasteiger partial charge in [-0.25, -0.2) is 0 Å². The van der Waals surface area contributed by atoms with Gasteiger partial charge in [-0.05, 0) is 66.2 Å². The molecular formula is C25H19NO5. The average Bonchev–Trinajstić information content (AvgIpc) is 2.79. The lowest BCUT2D eigenvalue weighted by atomic mass is 10.1. The van der Waals surface area contributed by atoms with Gasteiger partial charge >= 0.3 is 0 Å². The van der Waals surface area contributed by atoms with Crippen LogP contribution in [0.2, 0.25) is 0 Å². The van der Waals surface area contributed by atoms with Gasteiger partial charge < -0.3 is 19.6 Å². The molecule has 0 saturated heterocycles. The molecule has 1 aromatic heterocycles. The fourth-order valence-corrected chi connectivity index (χ4v) is 3.05. The molecule has 3 aromatic carbocycles. The van der Waals surface area contributed by atoms with E-state index in [1.54, 1.807) is 55.7 Å². The quantitative estimate of drug-likeness (QED) is 0.460. The minimum absolute atomic E-state index is 0.138. The van der Waals surface area contributed by atoms with Gasteiger partial charge in [-0.2, -0.15) is 0 Å². The third-order valence-electron chi connectivity index (χ3n) is 4.63. The molecule has 0 saturated carbocycles. The maximum Gasteiger partial charge on any atom is 0.241 e. The van der Waals surface area contributed by atoms with E-state index >= 15 is 0 Å². The molecule has 0 fully saturated rings. The lowest BCUT2D eigenvalue weighted by Gasteiger charge is -2.08. The molecule has 4 rings (SSSR count). The molecule has 2 N–H and O–H groups in total. The van der Waals surface area contributed by atoms with E-state index in [1.807, 2.05) is 24.3 Å². The molecule has 154 valence electrons. The summed E-state index contributed by atoms with van der Waals surface area (Å²) in [6, 6.07) is 21.1. The average molecular weight is 413 g/mol. The van der Waals surface area contributed by atoms with Gasteiger partial charge in [0.05, 0.1) is 12.5 Å². The Morgan fingerprint density at radius 3 is 2.19 bits per heavy atom. The summed E-state index contributed by atoms with van der Waals surface area (Å²) < 4.78 is 16.9. The number of methoxy groups -OCH3 is 1. The van der Waals surface area contributed by atoms with Crippen molar-refractivity contribution in [1.82, 2.24) is 0 Å². The second-order valence-corrected chi connectivity index (χ2v) is 6.77. The van der Waals surface area contributed by atoms with Gasteiger partial charge in [0.2, 0.25) is 5.91 Å². The molecule has 31 heavy (non-hydrogen) atoms. The first-order valence-corrected chi connectivity index (χ1v) is 9.49. The van der Waals surface area contributed by atoms with Crippen LogP contribution in [0.25, 0.3) is 28.4 Å². The van der Waals surface area contributed by atoms with Crippen LogP contribution in [-0.4, -0.2) is 13.0 Å². The number of fused-ring (bicyclic) bond motifs is 1. The Hall–Kier alpha value is -4.32. The Labute approximate surface area is 178 Å². The van der Waals surface area contributed by atoms with Gasteiger partial charge in [-0.3, -0.25) is 9.59 Å². The maximum absolute atomic E-state index is 12.5. The summed E-state index contributed by atoms with van der Waals surface area (Å²) in [4.78, 5) is 23.3. The Bertz CT molecular complexity index is 1320. The molecule has 0 bridgehead atoms. The van der Waals surface area contributed by atoms with Gasteiger partial charge in [0.1, 0.15) is 28.6 Å². The smallest absolute Gasteiger partial charge is 0.241 e. The summed E-state index contributed by atoms with van der Waals surface area (Å²) in [6.45, 7) is 0. The van der Waals surface area contributed by atoms with E-state index in [9.17, 15) is 9.59 Å². The zero-order valence-corrected chi connectivity index (χ0v) is 16.7. The SMILES string of the molecule is COc1ccc2oc(-c3ccc(Oc4ccc(C=CC(N)=O)cc4)cc3)cc(=O)c2c1. The second kappa shape index (κ2) is 8.59. The van der Waals surface area contributed by atoms with Gasteiger partial charge in [0.25, 0.3) is 0 Å². The van der Waals surface area contributed by atoms with Crippen LogP contribution in [0, 0.1) is 0 Å². The molecule has 0 atom stereocenters. The number of hydrogen-bond acceptors (Lipinski definition) is 5. The van der Waals surface area contributed by atoms with Crippen molar-refractivity contribution < 1.29 is 18.7 Å². The van der Waals surface area contributed by atoms with Gasteiger partial charge in [0, 0.05) is 17.7 Å². The Kier molecular flexibility index (Phi) is 5.53. The standard InChI is InChI=1S/C25H19NO5/c1-29-20-11-12-23-21(14-20)22(27)15-24(31-23)17-5-9-19(10-6-17)30-18-7-2-16(3-8-18)4-13-25(26)28/h2-15H,1H3,(H2,26,28). The number of hydrogen-bond donors (Lipinski definition) is 1. The summed E-state index contributed by atoms with van der Waals surface area (Å²) in [5.41, 5.74) is 7.05. The molecule has 0 spiro atoms. The van der Waals surface area contributed by atoms with Crippen LogP contribution in [-0.2, 0) is 4.79 Å².